The van der Waals surface area contributed by atoms with Gasteiger partial charge < -0.3 is 14.9 Å². The molecule has 0 saturated heterocycles. The van der Waals surface area contributed by atoms with Crippen molar-refractivity contribution in [2.75, 3.05) is 6.61 Å². The Bertz CT molecular complexity index is 514. The molecular weight excluding hydrogens is 244 g/mol. The maximum atomic E-state index is 12.2. The highest BCUT2D eigenvalue weighted by molar-refractivity contribution is 5.99. The van der Waals surface area contributed by atoms with Crippen LogP contribution in [0, 0.1) is 5.92 Å². The van der Waals surface area contributed by atoms with Crippen LogP contribution in [0.1, 0.15) is 17.3 Å². The van der Waals surface area contributed by atoms with Gasteiger partial charge in [0.25, 0.3) is 0 Å². The van der Waals surface area contributed by atoms with Crippen LogP contribution in [0.15, 0.2) is 54.3 Å². The lowest BCUT2D eigenvalue weighted by molar-refractivity contribution is -0.139. The Kier molecular flexibility index (Phi) is 3.83. The van der Waals surface area contributed by atoms with Crippen molar-refractivity contribution in [2.45, 2.75) is 12.7 Å². The van der Waals surface area contributed by atoms with Gasteiger partial charge in [0.1, 0.15) is 5.76 Å². The zero-order valence-corrected chi connectivity index (χ0v) is 10.6. The Morgan fingerprint density at radius 2 is 2.00 bits per heavy atom. The van der Waals surface area contributed by atoms with Crippen molar-refractivity contribution in [3.63, 3.8) is 0 Å². The van der Waals surface area contributed by atoms with E-state index in [1.54, 1.807) is 43.3 Å². The number of ketones is 1. The number of benzene rings is 1. The topological polar surface area (TPSA) is 66.8 Å². The summed E-state index contributed by atoms with van der Waals surface area (Å²) in [6.07, 6.45) is 4.20. The van der Waals surface area contributed by atoms with Crippen LogP contribution in [0.5, 0.6) is 0 Å². The number of hydrogen-bond acceptors (Lipinski definition) is 4. The van der Waals surface area contributed by atoms with Gasteiger partial charge in [-0.2, -0.15) is 0 Å². The van der Waals surface area contributed by atoms with Crippen molar-refractivity contribution in [3.05, 3.63) is 59.9 Å². The van der Waals surface area contributed by atoms with Gasteiger partial charge in [-0.15, -0.1) is 0 Å². The SMILES string of the molecule is CCOC1=CC(O)(O)C(C(=O)c2ccccc2)C=C1. The van der Waals surface area contributed by atoms with Gasteiger partial charge in [0.2, 0.25) is 5.79 Å². The van der Waals surface area contributed by atoms with Crippen molar-refractivity contribution in [1.82, 2.24) is 0 Å². The Morgan fingerprint density at radius 1 is 1.32 bits per heavy atom. The summed E-state index contributed by atoms with van der Waals surface area (Å²) >= 11 is 0. The molecular formula is C15H16O4. The first-order chi connectivity index (χ1) is 9.04. The van der Waals surface area contributed by atoms with E-state index in [2.05, 4.69) is 0 Å². The molecule has 4 nitrogen and oxygen atoms in total. The fourth-order valence-corrected chi connectivity index (χ4v) is 2.00. The molecule has 0 heterocycles. The average molecular weight is 260 g/mol. The molecule has 19 heavy (non-hydrogen) atoms. The second-order valence-electron chi connectivity index (χ2n) is 4.33. The number of hydrogen-bond donors (Lipinski definition) is 2. The lowest BCUT2D eigenvalue weighted by atomic mass is 9.86. The number of carbonyl (C=O) groups is 1. The van der Waals surface area contributed by atoms with E-state index in [0.29, 0.717) is 17.9 Å². The molecule has 1 atom stereocenters. The molecule has 0 amide bonds. The lowest BCUT2D eigenvalue weighted by Crippen LogP contribution is -2.41. The quantitative estimate of drug-likeness (QED) is 0.638. The predicted molar refractivity (Wildman–Crippen MR) is 70.3 cm³/mol. The van der Waals surface area contributed by atoms with E-state index in [9.17, 15) is 15.0 Å². The van der Waals surface area contributed by atoms with E-state index < -0.39 is 11.7 Å². The molecule has 0 fully saturated rings. The smallest absolute Gasteiger partial charge is 0.200 e. The minimum Gasteiger partial charge on any atom is -0.494 e. The first kappa shape index (κ1) is 13.5. The summed E-state index contributed by atoms with van der Waals surface area (Å²) in [5, 5.41) is 20.0. The number of allylic oxidation sites excluding steroid dienone is 1. The minimum atomic E-state index is -2.23. The molecule has 1 aliphatic rings. The van der Waals surface area contributed by atoms with Gasteiger partial charge in [-0.05, 0) is 13.0 Å². The molecule has 0 aromatic heterocycles. The Balaban J connectivity index is 2.24. The Morgan fingerprint density at radius 3 is 2.58 bits per heavy atom. The minimum absolute atomic E-state index is 0.339. The van der Waals surface area contributed by atoms with E-state index in [1.807, 2.05) is 0 Å². The molecule has 0 radical (unpaired) electrons. The third-order valence-electron chi connectivity index (χ3n) is 2.92. The second-order valence-corrected chi connectivity index (χ2v) is 4.33. The molecule has 0 spiro atoms. The second kappa shape index (κ2) is 5.38. The fourth-order valence-electron chi connectivity index (χ4n) is 2.00. The van der Waals surface area contributed by atoms with Gasteiger partial charge in [0, 0.05) is 11.6 Å². The van der Waals surface area contributed by atoms with Gasteiger partial charge in [-0.3, -0.25) is 4.79 Å². The molecule has 2 rings (SSSR count). The Hall–Kier alpha value is -1.91. The predicted octanol–water partition coefficient (Wildman–Crippen LogP) is 1.66. The summed E-state index contributed by atoms with van der Waals surface area (Å²) in [5.74, 6) is -3.25. The third-order valence-corrected chi connectivity index (χ3v) is 2.92. The summed E-state index contributed by atoms with van der Waals surface area (Å²) in [6.45, 7) is 2.22. The summed E-state index contributed by atoms with van der Waals surface area (Å²) in [6, 6.07) is 8.56. The van der Waals surface area contributed by atoms with E-state index >= 15 is 0 Å². The van der Waals surface area contributed by atoms with Gasteiger partial charge in [0.15, 0.2) is 5.78 Å². The first-order valence-corrected chi connectivity index (χ1v) is 6.12. The highest BCUT2D eigenvalue weighted by atomic mass is 16.5. The van der Waals surface area contributed by atoms with Gasteiger partial charge in [-0.25, -0.2) is 0 Å². The number of ether oxygens (including phenoxy) is 1. The fraction of sp³-hybridized carbons (Fsp3) is 0.267. The summed E-state index contributed by atoms with van der Waals surface area (Å²) in [5.41, 5.74) is 0.442. The van der Waals surface area contributed by atoms with Crippen LogP contribution in [0.3, 0.4) is 0 Å². The largest absolute Gasteiger partial charge is 0.494 e. The van der Waals surface area contributed by atoms with E-state index in [0.717, 1.165) is 6.08 Å². The molecule has 1 aromatic carbocycles. The lowest BCUT2D eigenvalue weighted by Gasteiger charge is -2.28. The van der Waals surface area contributed by atoms with Crippen LogP contribution in [-0.2, 0) is 4.74 Å². The summed E-state index contributed by atoms with van der Waals surface area (Å²) in [4.78, 5) is 12.2. The third kappa shape index (κ3) is 2.92. The maximum absolute atomic E-state index is 12.2. The molecule has 2 N–H and O–H groups in total. The summed E-state index contributed by atoms with van der Waals surface area (Å²) in [7, 11) is 0. The van der Waals surface area contributed by atoms with Gasteiger partial charge in [-0.1, -0.05) is 36.4 Å². The van der Waals surface area contributed by atoms with E-state index in [-0.39, 0.29) is 5.78 Å². The van der Waals surface area contributed by atoms with Gasteiger partial charge >= 0.3 is 0 Å². The molecule has 0 bridgehead atoms. The molecule has 0 saturated carbocycles. The van der Waals surface area contributed by atoms with E-state index in [4.69, 9.17) is 4.74 Å². The highest BCUT2D eigenvalue weighted by Crippen LogP contribution is 2.28. The summed E-state index contributed by atoms with van der Waals surface area (Å²) < 4.78 is 5.20. The zero-order chi connectivity index (χ0) is 13.9. The zero-order valence-electron chi connectivity index (χ0n) is 10.6. The average Bonchev–Trinajstić information content (AvgIpc) is 2.38. The number of rotatable bonds is 4. The number of carbonyl (C=O) groups excluding carboxylic acids is 1. The van der Waals surface area contributed by atoms with Crippen molar-refractivity contribution >= 4 is 5.78 Å². The van der Waals surface area contributed by atoms with E-state index in [1.165, 1.54) is 6.08 Å². The molecule has 0 aliphatic heterocycles. The molecule has 4 heteroatoms. The van der Waals surface area contributed by atoms with Crippen molar-refractivity contribution in [3.8, 4) is 0 Å². The normalized spacial score (nSPS) is 20.8. The van der Waals surface area contributed by atoms with Crippen LogP contribution in [0.2, 0.25) is 0 Å². The van der Waals surface area contributed by atoms with Crippen LogP contribution in [-0.4, -0.2) is 28.4 Å². The number of aliphatic hydroxyl groups is 2. The van der Waals surface area contributed by atoms with Crippen molar-refractivity contribution < 1.29 is 19.7 Å². The molecule has 100 valence electrons. The monoisotopic (exact) mass is 260 g/mol. The Labute approximate surface area is 111 Å². The van der Waals surface area contributed by atoms with Crippen LogP contribution >= 0.6 is 0 Å². The standard InChI is InChI=1S/C15H16O4/c1-2-19-12-8-9-13(15(17,18)10-12)14(16)11-6-4-3-5-7-11/h3-10,13,17-18H,2H2,1H3. The maximum Gasteiger partial charge on any atom is 0.200 e. The number of Topliss-reactive ketones (excluding diaryl/α,β-unsaturated/α-hetero) is 1. The van der Waals surface area contributed by atoms with Crippen LogP contribution in [0.4, 0.5) is 0 Å². The first-order valence-electron chi connectivity index (χ1n) is 6.12. The molecule has 1 aliphatic carbocycles. The molecule has 1 aromatic rings. The van der Waals surface area contributed by atoms with Crippen molar-refractivity contribution in [2.24, 2.45) is 5.92 Å². The van der Waals surface area contributed by atoms with Crippen molar-refractivity contribution in [1.29, 1.82) is 0 Å². The molecule has 1 unspecified atom stereocenters. The highest BCUT2D eigenvalue weighted by Gasteiger charge is 2.39. The van der Waals surface area contributed by atoms with Crippen LogP contribution in [0.25, 0.3) is 0 Å². The van der Waals surface area contributed by atoms with Gasteiger partial charge in [0.05, 0.1) is 12.5 Å². The van der Waals surface area contributed by atoms with Crippen LogP contribution < -0.4 is 0 Å².